The molecular weight excluding hydrogens is 334 g/mol. The number of esters is 1. The number of anilines is 1. The zero-order valence-electron chi connectivity index (χ0n) is 15.9. The maximum Gasteiger partial charge on any atom is 0.341 e. The van der Waals surface area contributed by atoms with Crippen LogP contribution in [0.3, 0.4) is 0 Å². The van der Waals surface area contributed by atoms with Gasteiger partial charge in [-0.2, -0.15) is 0 Å². The summed E-state index contributed by atoms with van der Waals surface area (Å²) in [5.74, 6) is -0.211. The van der Waals surface area contributed by atoms with E-state index in [2.05, 4.69) is 5.32 Å². The summed E-state index contributed by atoms with van der Waals surface area (Å²) in [7, 11) is 1.49. The molecule has 0 unspecified atom stereocenters. The normalized spacial score (nSPS) is 16.0. The Labute approximate surface area is 155 Å². The van der Waals surface area contributed by atoms with E-state index in [-0.39, 0.29) is 12.5 Å². The Hall–Kier alpha value is -2.08. The molecule has 2 rings (SSSR count). The van der Waals surface area contributed by atoms with E-state index in [1.165, 1.54) is 7.11 Å². The third-order valence-corrected chi connectivity index (χ3v) is 4.61. The van der Waals surface area contributed by atoms with Gasteiger partial charge in [-0.25, -0.2) is 4.79 Å². The summed E-state index contributed by atoms with van der Waals surface area (Å²) < 4.78 is 16.3. The fraction of sp³-hybridized carbons (Fsp3) is 0.600. The Balaban J connectivity index is 2.21. The fourth-order valence-electron chi connectivity index (χ4n) is 3.26. The van der Waals surface area contributed by atoms with Crippen LogP contribution < -0.4 is 10.1 Å². The third-order valence-electron chi connectivity index (χ3n) is 4.61. The van der Waals surface area contributed by atoms with E-state index in [1.54, 1.807) is 25.1 Å². The Morgan fingerprint density at radius 2 is 1.88 bits per heavy atom. The van der Waals surface area contributed by atoms with Crippen molar-refractivity contribution in [2.24, 2.45) is 0 Å². The molecule has 26 heavy (non-hydrogen) atoms. The second-order valence-corrected chi connectivity index (χ2v) is 6.49. The molecule has 0 radical (unpaired) electrons. The highest BCUT2D eigenvalue weighted by atomic mass is 16.5. The summed E-state index contributed by atoms with van der Waals surface area (Å²) >= 11 is 0. The van der Waals surface area contributed by atoms with Crippen molar-refractivity contribution in [3.05, 3.63) is 23.8 Å². The van der Waals surface area contributed by atoms with E-state index >= 15 is 0 Å². The zero-order valence-corrected chi connectivity index (χ0v) is 15.9. The number of ether oxygens (including phenoxy) is 3. The number of nitrogens with one attached hydrogen (secondary N) is 1. The van der Waals surface area contributed by atoms with Gasteiger partial charge in [-0.3, -0.25) is 4.79 Å². The molecule has 0 atom stereocenters. The largest absolute Gasteiger partial charge is 0.496 e. The van der Waals surface area contributed by atoms with Crippen LogP contribution in [0.2, 0.25) is 0 Å². The predicted octanol–water partition coefficient (Wildman–Crippen LogP) is 3.94. The molecule has 0 heterocycles. The van der Waals surface area contributed by atoms with Gasteiger partial charge in [0.25, 0.3) is 5.91 Å². The van der Waals surface area contributed by atoms with E-state index in [0.717, 1.165) is 38.5 Å². The molecule has 144 valence electrons. The van der Waals surface area contributed by atoms with Gasteiger partial charge in [0.15, 0.2) is 0 Å². The molecule has 0 saturated heterocycles. The smallest absolute Gasteiger partial charge is 0.341 e. The first kappa shape index (κ1) is 20.2. The minimum absolute atomic E-state index is 0.148. The minimum atomic E-state index is -0.779. The summed E-state index contributed by atoms with van der Waals surface area (Å²) in [5, 5.41) is 2.92. The second-order valence-electron chi connectivity index (χ2n) is 6.49. The summed E-state index contributed by atoms with van der Waals surface area (Å²) in [6, 6.07) is 4.96. The summed E-state index contributed by atoms with van der Waals surface area (Å²) in [6.07, 6.45) is 5.39. The highest BCUT2D eigenvalue weighted by Crippen LogP contribution is 2.33. The van der Waals surface area contributed by atoms with Gasteiger partial charge < -0.3 is 19.5 Å². The Bertz CT molecular complexity index is 623. The number of carbonyl (C=O) groups is 2. The van der Waals surface area contributed by atoms with Crippen molar-refractivity contribution in [3.8, 4) is 5.75 Å². The SMILES string of the molecule is CCCOC1(C(=O)Nc2ccc(OC)c(C(=O)OCC)c2)CCCCC1. The topological polar surface area (TPSA) is 73.9 Å². The lowest BCUT2D eigenvalue weighted by atomic mass is 9.83. The minimum Gasteiger partial charge on any atom is -0.496 e. The van der Waals surface area contributed by atoms with Crippen LogP contribution in [0.1, 0.15) is 62.7 Å². The van der Waals surface area contributed by atoms with Crippen molar-refractivity contribution < 1.29 is 23.8 Å². The van der Waals surface area contributed by atoms with Gasteiger partial charge in [0.05, 0.1) is 13.7 Å². The van der Waals surface area contributed by atoms with Crippen molar-refractivity contribution in [1.29, 1.82) is 0 Å². The third kappa shape index (κ3) is 4.75. The quantitative estimate of drug-likeness (QED) is 0.708. The average Bonchev–Trinajstić information content (AvgIpc) is 2.67. The monoisotopic (exact) mass is 363 g/mol. The van der Waals surface area contributed by atoms with Gasteiger partial charge >= 0.3 is 5.97 Å². The highest BCUT2D eigenvalue weighted by molar-refractivity contribution is 5.99. The number of benzene rings is 1. The Morgan fingerprint density at radius 1 is 1.15 bits per heavy atom. The van der Waals surface area contributed by atoms with Gasteiger partial charge in [-0.1, -0.05) is 26.2 Å². The lowest BCUT2D eigenvalue weighted by Crippen LogP contribution is -2.47. The van der Waals surface area contributed by atoms with Crippen LogP contribution in [-0.2, 0) is 14.3 Å². The van der Waals surface area contributed by atoms with E-state index in [4.69, 9.17) is 14.2 Å². The molecule has 1 N–H and O–H groups in total. The molecule has 1 aromatic rings. The van der Waals surface area contributed by atoms with Crippen LogP contribution in [0.25, 0.3) is 0 Å². The van der Waals surface area contributed by atoms with E-state index in [9.17, 15) is 9.59 Å². The van der Waals surface area contributed by atoms with Crippen molar-refractivity contribution in [1.82, 2.24) is 0 Å². The van der Waals surface area contributed by atoms with Gasteiger partial charge in [-0.15, -0.1) is 0 Å². The van der Waals surface area contributed by atoms with Crippen molar-refractivity contribution in [2.45, 2.75) is 58.0 Å². The van der Waals surface area contributed by atoms with Crippen LogP contribution in [-0.4, -0.2) is 37.8 Å². The number of amides is 1. The molecule has 0 aliphatic heterocycles. The van der Waals surface area contributed by atoms with Gasteiger partial charge in [-0.05, 0) is 44.4 Å². The number of hydrogen-bond acceptors (Lipinski definition) is 5. The molecule has 1 fully saturated rings. The summed E-state index contributed by atoms with van der Waals surface area (Å²) in [5.41, 5.74) is 0.0429. The maximum atomic E-state index is 13.0. The summed E-state index contributed by atoms with van der Waals surface area (Å²) in [6.45, 7) is 4.61. The maximum absolute atomic E-state index is 13.0. The molecule has 0 aromatic heterocycles. The molecule has 1 aliphatic carbocycles. The molecule has 0 bridgehead atoms. The molecular formula is C20H29NO5. The molecule has 6 heteroatoms. The standard InChI is InChI=1S/C20H29NO5/c1-4-13-26-20(11-7-6-8-12-20)19(23)21-15-9-10-17(24-3)16(14-15)18(22)25-5-2/h9-10,14H,4-8,11-13H2,1-3H3,(H,21,23). The van der Waals surface area contributed by atoms with E-state index in [1.807, 2.05) is 6.92 Å². The van der Waals surface area contributed by atoms with Gasteiger partial charge in [0.1, 0.15) is 16.9 Å². The molecule has 1 aromatic carbocycles. The molecule has 1 amide bonds. The second kappa shape index (κ2) is 9.57. The van der Waals surface area contributed by atoms with Gasteiger partial charge in [0, 0.05) is 12.3 Å². The van der Waals surface area contributed by atoms with Crippen LogP contribution >= 0.6 is 0 Å². The first-order valence-corrected chi connectivity index (χ1v) is 9.37. The predicted molar refractivity (Wildman–Crippen MR) is 99.6 cm³/mol. The Kier molecular flexibility index (Phi) is 7.45. The first-order valence-electron chi connectivity index (χ1n) is 9.37. The first-order chi connectivity index (χ1) is 12.6. The van der Waals surface area contributed by atoms with Crippen molar-refractivity contribution >= 4 is 17.6 Å². The van der Waals surface area contributed by atoms with Crippen LogP contribution in [0, 0.1) is 0 Å². The zero-order chi connectivity index (χ0) is 19.0. The van der Waals surface area contributed by atoms with Crippen LogP contribution in [0.15, 0.2) is 18.2 Å². The molecule has 1 aliphatic rings. The number of carbonyl (C=O) groups excluding carboxylic acids is 2. The highest BCUT2D eigenvalue weighted by Gasteiger charge is 2.40. The van der Waals surface area contributed by atoms with E-state index in [0.29, 0.717) is 23.6 Å². The molecule has 1 saturated carbocycles. The summed E-state index contributed by atoms with van der Waals surface area (Å²) in [4.78, 5) is 25.1. The van der Waals surface area contributed by atoms with Gasteiger partial charge in [0.2, 0.25) is 0 Å². The Morgan fingerprint density at radius 3 is 2.50 bits per heavy atom. The average molecular weight is 363 g/mol. The number of hydrogen-bond donors (Lipinski definition) is 1. The van der Waals surface area contributed by atoms with Crippen LogP contribution in [0.5, 0.6) is 5.75 Å². The molecule has 6 nitrogen and oxygen atoms in total. The van der Waals surface area contributed by atoms with E-state index < -0.39 is 11.6 Å². The molecule has 0 spiro atoms. The van der Waals surface area contributed by atoms with Crippen molar-refractivity contribution in [3.63, 3.8) is 0 Å². The van der Waals surface area contributed by atoms with Crippen molar-refractivity contribution in [2.75, 3.05) is 25.6 Å². The lowest BCUT2D eigenvalue weighted by Gasteiger charge is -2.35. The number of methoxy groups -OCH3 is 1. The number of rotatable bonds is 8. The lowest BCUT2D eigenvalue weighted by molar-refractivity contribution is -0.146. The van der Waals surface area contributed by atoms with Crippen LogP contribution in [0.4, 0.5) is 5.69 Å². The fourth-order valence-corrected chi connectivity index (χ4v) is 3.26.